The normalized spacial score (nSPS) is 10.8. The van der Waals surface area contributed by atoms with Crippen LogP contribution in [0.3, 0.4) is 0 Å². The molecule has 21 heavy (non-hydrogen) atoms. The second-order valence-electron chi connectivity index (χ2n) is 5.26. The van der Waals surface area contributed by atoms with E-state index in [1.165, 1.54) is 4.88 Å². The number of nitrogens with zero attached hydrogens (tertiary/aromatic N) is 1. The quantitative estimate of drug-likeness (QED) is 0.814. The summed E-state index contributed by atoms with van der Waals surface area (Å²) in [5.41, 5.74) is 2.03. The Morgan fingerprint density at radius 3 is 2.90 bits per heavy atom. The first-order valence-electron chi connectivity index (χ1n) is 7.04. The molecule has 0 saturated heterocycles. The van der Waals surface area contributed by atoms with Gasteiger partial charge in [-0.15, -0.1) is 11.3 Å². The third kappa shape index (κ3) is 4.86. The predicted octanol–water partition coefficient (Wildman–Crippen LogP) is 3.90. The Hall–Kier alpha value is -1.88. The number of benzene rings is 1. The van der Waals surface area contributed by atoms with Gasteiger partial charge in [0.1, 0.15) is 5.01 Å². The Labute approximate surface area is 128 Å². The number of anilines is 1. The average Bonchev–Trinajstić information content (AvgIpc) is 2.92. The lowest BCUT2D eigenvalue weighted by Gasteiger charge is -2.06. The molecule has 0 unspecified atom stereocenters. The van der Waals surface area contributed by atoms with Crippen LogP contribution in [0.5, 0.6) is 0 Å². The maximum atomic E-state index is 10.6. The van der Waals surface area contributed by atoms with Gasteiger partial charge in [0.05, 0.1) is 6.54 Å². The third-order valence-electron chi connectivity index (χ3n) is 3.14. The minimum Gasteiger partial charge on any atom is -0.481 e. The molecular weight excluding hydrogens is 284 g/mol. The molecule has 1 aromatic carbocycles. The van der Waals surface area contributed by atoms with E-state index in [2.05, 4.69) is 24.1 Å². The van der Waals surface area contributed by atoms with E-state index in [1.54, 1.807) is 11.3 Å². The van der Waals surface area contributed by atoms with Crippen molar-refractivity contribution in [2.75, 3.05) is 5.32 Å². The van der Waals surface area contributed by atoms with E-state index in [4.69, 9.17) is 5.11 Å². The number of nitrogens with one attached hydrogen (secondary N) is 1. The van der Waals surface area contributed by atoms with Crippen molar-refractivity contribution in [2.24, 2.45) is 0 Å². The molecule has 0 aliphatic rings. The molecule has 112 valence electrons. The van der Waals surface area contributed by atoms with Gasteiger partial charge < -0.3 is 10.4 Å². The third-order valence-corrected chi connectivity index (χ3v) is 4.44. The van der Waals surface area contributed by atoms with E-state index in [0.29, 0.717) is 18.9 Å². The summed E-state index contributed by atoms with van der Waals surface area (Å²) in [7, 11) is 0. The van der Waals surface area contributed by atoms with Crippen LogP contribution < -0.4 is 5.32 Å². The summed E-state index contributed by atoms with van der Waals surface area (Å²) in [4.78, 5) is 16.3. The molecule has 0 bridgehead atoms. The van der Waals surface area contributed by atoms with Gasteiger partial charge in [0.2, 0.25) is 0 Å². The number of rotatable bonds is 7. The molecule has 4 nitrogen and oxygen atoms in total. The van der Waals surface area contributed by atoms with Gasteiger partial charge in [-0.05, 0) is 30.0 Å². The highest BCUT2D eigenvalue weighted by molar-refractivity contribution is 7.11. The summed E-state index contributed by atoms with van der Waals surface area (Å²) in [5, 5.41) is 13.1. The van der Waals surface area contributed by atoms with Gasteiger partial charge in [-0.2, -0.15) is 0 Å². The topological polar surface area (TPSA) is 62.2 Å². The Morgan fingerprint density at radius 1 is 1.43 bits per heavy atom. The zero-order valence-corrected chi connectivity index (χ0v) is 13.1. The average molecular weight is 304 g/mol. The lowest BCUT2D eigenvalue weighted by atomic mass is 10.1. The molecular formula is C16H20N2O2S. The number of carboxylic acid groups (broad SMARTS) is 1. The van der Waals surface area contributed by atoms with Crippen LogP contribution in [0.4, 0.5) is 5.69 Å². The second kappa shape index (κ2) is 7.22. The fraction of sp³-hybridized carbons (Fsp3) is 0.375. The monoisotopic (exact) mass is 304 g/mol. The van der Waals surface area contributed by atoms with Crippen LogP contribution in [-0.4, -0.2) is 16.1 Å². The van der Waals surface area contributed by atoms with Crippen molar-refractivity contribution in [2.45, 2.75) is 39.2 Å². The van der Waals surface area contributed by atoms with Crippen molar-refractivity contribution >= 4 is 23.0 Å². The van der Waals surface area contributed by atoms with E-state index in [1.807, 2.05) is 30.5 Å². The standard InChI is InChI=1S/C16H20N2O2S/c1-11(2)14-9-18-15(21-14)10-17-13-5-3-4-12(8-13)6-7-16(19)20/h3-5,8-9,11,17H,6-7,10H2,1-2H3,(H,19,20). The summed E-state index contributed by atoms with van der Waals surface area (Å²) in [5.74, 6) is -0.257. The molecule has 0 aliphatic heterocycles. The number of aryl methyl sites for hydroxylation is 1. The molecule has 2 rings (SSSR count). The minimum atomic E-state index is -0.766. The summed E-state index contributed by atoms with van der Waals surface area (Å²) < 4.78 is 0. The Kier molecular flexibility index (Phi) is 5.33. The maximum Gasteiger partial charge on any atom is 0.303 e. The number of hydrogen-bond acceptors (Lipinski definition) is 4. The first-order chi connectivity index (χ1) is 10.0. The van der Waals surface area contributed by atoms with Gasteiger partial charge in [-0.1, -0.05) is 26.0 Å². The molecule has 1 aromatic heterocycles. The molecule has 0 amide bonds. The summed E-state index contributed by atoms with van der Waals surface area (Å²) in [6.07, 6.45) is 2.66. The van der Waals surface area contributed by atoms with E-state index in [9.17, 15) is 4.79 Å². The number of aromatic nitrogens is 1. The maximum absolute atomic E-state index is 10.6. The van der Waals surface area contributed by atoms with Crippen LogP contribution in [0.1, 0.15) is 41.6 Å². The second-order valence-corrected chi connectivity index (χ2v) is 6.41. The van der Waals surface area contributed by atoms with Crippen LogP contribution in [-0.2, 0) is 17.8 Å². The highest BCUT2D eigenvalue weighted by atomic mass is 32.1. The van der Waals surface area contributed by atoms with E-state index in [-0.39, 0.29) is 6.42 Å². The molecule has 0 radical (unpaired) electrons. The van der Waals surface area contributed by atoms with Crippen LogP contribution in [0.25, 0.3) is 0 Å². The van der Waals surface area contributed by atoms with Crippen LogP contribution in [0.15, 0.2) is 30.5 Å². The van der Waals surface area contributed by atoms with Gasteiger partial charge in [0.25, 0.3) is 0 Å². The summed E-state index contributed by atoms with van der Waals surface area (Å²) in [6.45, 7) is 5.02. The van der Waals surface area contributed by atoms with Crippen LogP contribution in [0.2, 0.25) is 0 Å². The molecule has 0 aliphatic carbocycles. The molecule has 2 aromatic rings. The molecule has 5 heteroatoms. The van der Waals surface area contributed by atoms with Gasteiger partial charge in [0.15, 0.2) is 0 Å². The largest absolute Gasteiger partial charge is 0.481 e. The zero-order valence-electron chi connectivity index (χ0n) is 12.3. The molecule has 2 N–H and O–H groups in total. The van der Waals surface area contributed by atoms with Crippen molar-refractivity contribution in [3.8, 4) is 0 Å². The molecule has 1 heterocycles. The van der Waals surface area contributed by atoms with Crippen LogP contribution in [0, 0.1) is 0 Å². The van der Waals surface area contributed by atoms with Gasteiger partial charge >= 0.3 is 5.97 Å². The Morgan fingerprint density at radius 2 is 2.24 bits per heavy atom. The molecule has 0 spiro atoms. The fourth-order valence-electron chi connectivity index (χ4n) is 1.94. The highest BCUT2D eigenvalue weighted by Crippen LogP contribution is 2.22. The van der Waals surface area contributed by atoms with Crippen molar-refractivity contribution in [3.63, 3.8) is 0 Å². The predicted molar refractivity (Wildman–Crippen MR) is 85.9 cm³/mol. The fourth-order valence-corrected chi connectivity index (χ4v) is 2.80. The summed E-state index contributed by atoms with van der Waals surface area (Å²) in [6, 6.07) is 7.89. The van der Waals surface area contributed by atoms with Crippen molar-refractivity contribution < 1.29 is 9.90 Å². The highest BCUT2D eigenvalue weighted by Gasteiger charge is 2.05. The van der Waals surface area contributed by atoms with Crippen molar-refractivity contribution in [1.29, 1.82) is 0 Å². The van der Waals surface area contributed by atoms with Gasteiger partial charge in [-0.3, -0.25) is 4.79 Å². The zero-order chi connectivity index (χ0) is 15.2. The lowest BCUT2D eigenvalue weighted by Crippen LogP contribution is -2.01. The number of hydrogen-bond donors (Lipinski definition) is 2. The first-order valence-corrected chi connectivity index (χ1v) is 7.85. The number of carboxylic acids is 1. The minimum absolute atomic E-state index is 0.160. The SMILES string of the molecule is CC(C)c1cnc(CNc2cccc(CCC(=O)O)c2)s1. The van der Waals surface area contributed by atoms with Crippen molar-refractivity contribution in [1.82, 2.24) is 4.98 Å². The summed E-state index contributed by atoms with van der Waals surface area (Å²) >= 11 is 1.73. The lowest BCUT2D eigenvalue weighted by molar-refractivity contribution is -0.136. The Bertz CT molecular complexity index is 608. The molecule has 0 saturated carbocycles. The van der Waals surface area contributed by atoms with E-state index < -0.39 is 5.97 Å². The van der Waals surface area contributed by atoms with Crippen molar-refractivity contribution in [3.05, 3.63) is 45.9 Å². The Balaban J connectivity index is 1.93. The van der Waals surface area contributed by atoms with E-state index in [0.717, 1.165) is 16.3 Å². The van der Waals surface area contributed by atoms with Crippen LogP contribution >= 0.6 is 11.3 Å². The smallest absolute Gasteiger partial charge is 0.303 e. The van der Waals surface area contributed by atoms with Gasteiger partial charge in [0, 0.05) is 23.2 Å². The molecule has 0 fully saturated rings. The van der Waals surface area contributed by atoms with Gasteiger partial charge in [-0.25, -0.2) is 4.98 Å². The first kappa shape index (κ1) is 15.5. The number of aliphatic carboxylic acids is 1. The number of thiazole rings is 1. The number of carbonyl (C=O) groups is 1. The van der Waals surface area contributed by atoms with E-state index >= 15 is 0 Å². The molecule has 0 atom stereocenters.